The Balaban J connectivity index is 0.00000320. The van der Waals surface area contributed by atoms with Crippen LogP contribution in [0.15, 0.2) is 52.8 Å². The molecule has 0 spiro atoms. The van der Waals surface area contributed by atoms with E-state index in [0.717, 1.165) is 37.7 Å². The summed E-state index contributed by atoms with van der Waals surface area (Å²) in [5, 5.41) is 18.8. The summed E-state index contributed by atoms with van der Waals surface area (Å²) in [6.07, 6.45) is 2.52. The van der Waals surface area contributed by atoms with Crippen LogP contribution in [0.2, 0.25) is 0 Å². The molecule has 2 aromatic rings. The summed E-state index contributed by atoms with van der Waals surface area (Å²) < 4.78 is 0. The number of guanidine groups is 1. The summed E-state index contributed by atoms with van der Waals surface area (Å²) in [5.74, 6) is 1.51. The summed E-state index contributed by atoms with van der Waals surface area (Å²) in [6, 6.07) is 14.5. The van der Waals surface area contributed by atoms with Gasteiger partial charge in [-0.2, -0.15) is 0 Å². The SMILES string of the molecule is CCNC(=NCC(CO)c1ccccc1)NCC1CCCN(Cc2cccs2)C1.I. The van der Waals surface area contributed by atoms with Gasteiger partial charge in [0.15, 0.2) is 5.96 Å². The topological polar surface area (TPSA) is 59.9 Å². The Hall–Kier alpha value is -1.16. The average molecular weight is 543 g/mol. The Morgan fingerprint density at radius 1 is 1.23 bits per heavy atom. The first-order chi connectivity index (χ1) is 14.3. The van der Waals surface area contributed by atoms with Gasteiger partial charge in [-0.05, 0) is 49.2 Å². The van der Waals surface area contributed by atoms with E-state index in [4.69, 9.17) is 4.99 Å². The highest BCUT2D eigenvalue weighted by Gasteiger charge is 2.20. The van der Waals surface area contributed by atoms with Crippen molar-refractivity contribution in [1.29, 1.82) is 0 Å². The summed E-state index contributed by atoms with van der Waals surface area (Å²) >= 11 is 1.85. The maximum Gasteiger partial charge on any atom is 0.191 e. The molecule has 166 valence electrons. The number of hydrogen-bond donors (Lipinski definition) is 3. The van der Waals surface area contributed by atoms with Gasteiger partial charge < -0.3 is 15.7 Å². The van der Waals surface area contributed by atoms with E-state index in [1.807, 2.05) is 29.5 Å². The van der Waals surface area contributed by atoms with Crippen molar-refractivity contribution in [3.63, 3.8) is 0 Å². The lowest BCUT2D eigenvalue weighted by molar-refractivity contribution is 0.169. The van der Waals surface area contributed by atoms with Crippen molar-refractivity contribution in [3.8, 4) is 0 Å². The summed E-state index contributed by atoms with van der Waals surface area (Å²) in [5.41, 5.74) is 1.13. The fraction of sp³-hybridized carbons (Fsp3) is 0.522. The Morgan fingerprint density at radius 3 is 2.77 bits per heavy atom. The van der Waals surface area contributed by atoms with Crippen LogP contribution in [0.5, 0.6) is 0 Å². The van der Waals surface area contributed by atoms with Crippen molar-refractivity contribution in [2.45, 2.75) is 32.2 Å². The average Bonchev–Trinajstić information content (AvgIpc) is 3.26. The van der Waals surface area contributed by atoms with Gasteiger partial charge in [0, 0.05) is 37.0 Å². The fourth-order valence-corrected chi connectivity index (χ4v) is 4.61. The zero-order valence-electron chi connectivity index (χ0n) is 17.8. The van der Waals surface area contributed by atoms with Gasteiger partial charge in [0.05, 0.1) is 13.2 Å². The van der Waals surface area contributed by atoms with E-state index < -0.39 is 0 Å². The third-order valence-corrected chi connectivity index (χ3v) is 6.29. The lowest BCUT2D eigenvalue weighted by atomic mass is 9.98. The Labute approximate surface area is 202 Å². The van der Waals surface area contributed by atoms with Crippen LogP contribution >= 0.6 is 35.3 Å². The number of nitrogens with zero attached hydrogens (tertiary/aromatic N) is 2. The summed E-state index contributed by atoms with van der Waals surface area (Å²) in [6.45, 7) is 7.92. The third kappa shape index (κ3) is 8.17. The molecule has 5 nitrogen and oxygen atoms in total. The largest absolute Gasteiger partial charge is 0.396 e. The first-order valence-electron chi connectivity index (χ1n) is 10.7. The Bertz CT molecular complexity index is 726. The van der Waals surface area contributed by atoms with E-state index in [1.54, 1.807) is 0 Å². The number of likely N-dealkylation sites (tertiary alicyclic amines) is 1. The molecule has 30 heavy (non-hydrogen) atoms. The highest BCUT2D eigenvalue weighted by atomic mass is 127. The predicted molar refractivity (Wildman–Crippen MR) is 138 cm³/mol. The number of thiophene rings is 1. The smallest absolute Gasteiger partial charge is 0.191 e. The van der Waals surface area contributed by atoms with Crippen LogP contribution in [-0.4, -0.2) is 55.3 Å². The lowest BCUT2D eigenvalue weighted by Crippen LogP contribution is -2.44. The van der Waals surface area contributed by atoms with Gasteiger partial charge in [-0.15, -0.1) is 35.3 Å². The second kappa shape index (κ2) is 14.0. The molecule has 0 saturated carbocycles. The number of hydrogen-bond acceptors (Lipinski definition) is 4. The molecule has 2 atom stereocenters. The molecule has 0 aliphatic carbocycles. The van der Waals surface area contributed by atoms with Crippen LogP contribution in [0.25, 0.3) is 0 Å². The van der Waals surface area contributed by atoms with Crippen molar-refractivity contribution >= 4 is 41.3 Å². The molecule has 1 aromatic heterocycles. The maximum atomic E-state index is 9.78. The number of benzene rings is 1. The van der Waals surface area contributed by atoms with Gasteiger partial charge in [0.2, 0.25) is 0 Å². The second-order valence-electron chi connectivity index (χ2n) is 7.71. The van der Waals surface area contributed by atoms with Crippen molar-refractivity contribution in [3.05, 3.63) is 58.3 Å². The fourth-order valence-electron chi connectivity index (χ4n) is 3.86. The minimum atomic E-state index is 0. The van der Waals surface area contributed by atoms with Crippen molar-refractivity contribution in [1.82, 2.24) is 15.5 Å². The molecular formula is C23H35IN4OS. The minimum Gasteiger partial charge on any atom is -0.396 e. The van der Waals surface area contributed by atoms with E-state index in [9.17, 15) is 5.11 Å². The molecule has 3 N–H and O–H groups in total. The van der Waals surface area contributed by atoms with E-state index in [-0.39, 0.29) is 36.5 Å². The second-order valence-corrected chi connectivity index (χ2v) is 8.75. The van der Waals surface area contributed by atoms with Gasteiger partial charge in [0.25, 0.3) is 0 Å². The van der Waals surface area contributed by atoms with E-state index in [1.165, 1.54) is 24.3 Å². The standard InChI is InChI=1S/C23H34N4OS.HI/c1-2-24-23(26-15-21(18-28)20-9-4-3-5-10-20)25-14-19-8-6-12-27(16-19)17-22-11-7-13-29-22;/h3-5,7,9-11,13,19,21,28H,2,6,8,12,14-18H2,1H3,(H2,24,25,26);1H. The normalized spacial score (nSPS) is 18.5. The molecule has 0 bridgehead atoms. The molecule has 1 fully saturated rings. The zero-order chi connectivity index (χ0) is 20.3. The van der Waals surface area contributed by atoms with Gasteiger partial charge in [-0.1, -0.05) is 36.4 Å². The first kappa shape index (κ1) is 25.1. The van der Waals surface area contributed by atoms with Crippen LogP contribution in [0, 0.1) is 5.92 Å². The van der Waals surface area contributed by atoms with Gasteiger partial charge in [-0.3, -0.25) is 9.89 Å². The molecular weight excluding hydrogens is 507 g/mol. The van der Waals surface area contributed by atoms with Gasteiger partial charge in [-0.25, -0.2) is 0 Å². The van der Waals surface area contributed by atoms with Gasteiger partial charge in [0.1, 0.15) is 0 Å². The van der Waals surface area contributed by atoms with Crippen LogP contribution in [0.4, 0.5) is 0 Å². The predicted octanol–water partition coefficient (Wildman–Crippen LogP) is 3.91. The van der Waals surface area contributed by atoms with E-state index in [2.05, 4.69) is 52.1 Å². The molecule has 3 rings (SSSR count). The first-order valence-corrected chi connectivity index (χ1v) is 11.6. The third-order valence-electron chi connectivity index (χ3n) is 5.43. The minimum absolute atomic E-state index is 0. The summed E-state index contributed by atoms with van der Waals surface area (Å²) in [4.78, 5) is 8.77. The Morgan fingerprint density at radius 2 is 2.07 bits per heavy atom. The van der Waals surface area contributed by atoms with Crippen LogP contribution < -0.4 is 10.6 Å². The van der Waals surface area contributed by atoms with Crippen molar-refractivity contribution < 1.29 is 5.11 Å². The molecule has 2 heterocycles. The lowest BCUT2D eigenvalue weighted by Gasteiger charge is -2.32. The molecule has 0 radical (unpaired) electrons. The molecule has 1 aliphatic rings. The number of aliphatic hydroxyl groups excluding tert-OH is 1. The van der Waals surface area contributed by atoms with Crippen molar-refractivity contribution in [2.75, 3.05) is 39.3 Å². The van der Waals surface area contributed by atoms with Crippen molar-refractivity contribution in [2.24, 2.45) is 10.9 Å². The zero-order valence-corrected chi connectivity index (χ0v) is 20.9. The summed E-state index contributed by atoms with van der Waals surface area (Å²) in [7, 11) is 0. The number of piperidine rings is 1. The van der Waals surface area contributed by atoms with Crippen LogP contribution in [0.3, 0.4) is 0 Å². The quantitative estimate of drug-likeness (QED) is 0.256. The molecule has 2 unspecified atom stereocenters. The number of halogens is 1. The van der Waals surface area contributed by atoms with E-state index in [0.29, 0.717) is 12.5 Å². The number of aliphatic hydroxyl groups is 1. The maximum absolute atomic E-state index is 9.78. The Kier molecular flexibility index (Phi) is 11.7. The molecule has 0 amide bonds. The van der Waals surface area contributed by atoms with Crippen LogP contribution in [0.1, 0.15) is 36.1 Å². The molecule has 1 aliphatic heterocycles. The number of rotatable bonds is 9. The monoisotopic (exact) mass is 542 g/mol. The number of aliphatic imine (C=N–C) groups is 1. The van der Waals surface area contributed by atoms with Gasteiger partial charge >= 0.3 is 0 Å². The molecule has 1 aromatic carbocycles. The molecule has 7 heteroatoms. The number of nitrogens with one attached hydrogen (secondary N) is 2. The molecule has 1 saturated heterocycles. The highest BCUT2D eigenvalue weighted by molar-refractivity contribution is 14.0. The highest BCUT2D eigenvalue weighted by Crippen LogP contribution is 2.20. The van der Waals surface area contributed by atoms with Crippen LogP contribution in [-0.2, 0) is 6.54 Å². The van der Waals surface area contributed by atoms with E-state index >= 15 is 0 Å².